The van der Waals surface area contributed by atoms with E-state index < -0.39 is 0 Å². The van der Waals surface area contributed by atoms with Gasteiger partial charge in [0.25, 0.3) is 0 Å². The number of aryl methyl sites for hydroxylation is 1. The van der Waals surface area contributed by atoms with Gasteiger partial charge < -0.3 is 10.1 Å². The van der Waals surface area contributed by atoms with Crippen LogP contribution in [0, 0.1) is 2.88 Å². The Labute approximate surface area is 144 Å². The zero-order chi connectivity index (χ0) is 14.5. The first-order valence-corrected chi connectivity index (χ1v) is 9.42. The average Bonchev–Trinajstić information content (AvgIpc) is 2.89. The van der Waals surface area contributed by atoms with Gasteiger partial charge in [-0.15, -0.1) is 11.3 Å². The van der Waals surface area contributed by atoms with E-state index in [-0.39, 0.29) is 0 Å². The molecule has 0 radical (unpaired) electrons. The van der Waals surface area contributed by atoms with Gasteiger partial charge in [-0.25, -0.2) is 0 Å². The van der Waals surface area contributed by atoms with Crippen LogP contribution in [0.1, 0.15) is 35.7 Å². The SMILES string of the molecule is Ic1cc2c(s1)CCCC2NCCCOc1ccccc1. The molecule has 1 aromatic carbocycles. The van der Waals surface area contributed by atoms with E-state index in [9.17, 15) is 0 Å². The van der Waals surface area contributed by atoms with Crippen molar-refractivity contribution in [1.82, 2.24) is 5.32 Å². The fourth-order valence-corrected chi connectivity index (χ4v) is 4.91. The van der Waals surface area contributed by atoms with Gasteiger partial charge in [0.2, 0.25) is 0 Å². The highest BCUT2D eigenvalue weighted by atomic mass is 127. The monoisotopic (exact) mass is 413 g/mol. The summed E-state index contributed by atoms with van der Waals surface area (Å²) in [6, 6.07) is 13.0. The number of nitrogens with one attached hydrogen (secondary N) is 1. The highest BCUT2D eigenvalue weighted by Gasteiger charge is 2.21. The van der Waals surface area contributed by atoms with Crippen LogP contribution < -0.4 is 10.1 Å². The molecule has 4 heteroatoms. The molecule has 1 aliphatic carbocycles. The molecule has 0 bridgehead atoms. The fourth-order valence-electron chi connectivity index (χ4n) is 2.79. The second-order valence-corrected chi connectivity index (χ2v) is 8.37. The second kappa shape index (κ2) is 7.61. The number of hydrogen-bond acceptors (Lipinski definition) is 3. The summed E-state index contributed by atoms with van der Waals surface area (Å²) in [6.07, 6.45) is 4.88. The van der Waals surface area contributed by atoms with Gasteiger partial charge in [0.1, 0.15) is 5.75 Å². The van der Waals surface area contributed by atoms with Gasteiger partial charge in [-0.2, -0.15) is 0 Å². The van der Waals surface area contributed by atoms with Crippen LogP contribution in [-0.4, -0.2) is 13.2 Å². The first-order chi connectivity index (χ1) is 10.3. The minimum atomic E-state index is 0.547. The smallest absolute Gasteiger partial charge is 0.119 e. The van der Waals surface area contributed by atoms with E-state index in [1.807, 2.05) is 41.7 Å². The van der Waals surface area contributed by atoms with Crippen molar-refractivity contribution in [3.8, 4) is 5.75 Å². The molecule has 112 valence electrons. The third-order valence-electron chi connectivity index (χ3n) is 3.81. The summed E-state index contributed by atoms with van der Waals surface area (Å²) in [5.74, 6) is 0.963. The molecular formula is C17H20INOS. The zero-order valence-corrected chi connectivity index (χ0v) is 15.0. The Bertz CT molecular complexity index is 569. The van der Waals surface area contributed by atoms with Gasteiger partial charge in [0.15, 0.2) is 0 Å². The molecule has 1 heterocycles. The van der Waals surface area contributed by atoms with Crippen LogP contribution in [0.15, 0.2) is 36.4 Å². The van der Waals surface area contributed by atoms with E-state index in [1.165, 1.54) is 22.1 Å². The average molecular weight is 413 g/mol. The van der Waals surface area contributed by atoms with Crippen molar-refractivity contribution in [3.05, 3.63) is 49.7 Å². The Morgan fingerprint density at radius 2 is 2.14 bits per heavy atom. The number of hydrogen-bond donors (Lipinski definition) is 1. The van der Waals surface area contributed by atoms with E-state index in [4.69, 9.17) is 4.74 Å². The normalized spacial score (nSPS) is 17.5. The molecule has 3 rings (SSSR count). The maximum atomic E-state index is 5.73. The molecule has 0 amide bonds. The summed E-state index contributed by atoms with van der Waals surface area (Å²) >= 11 is 4.40. The van der Waals surface area contributed by atoms with Crippen LogP contribution in [0.3, 0.4) is 0 Å². The van der Waals surface area contributed by atoms with Crippen molar-refractivity contribution in [2.24, 2.45) is 0 Å². The molecule has 0 saturated carbocycles. The molecule has 2 nitrogen and oxygen atoms in total. The van der Waals surface area contributed by atoms with Gasteiger partial charge in [-0.05, 0) is 78.6 Å². The van der Waals surface area contributed by atoms with Gasteiger partial charge in [-0.3, -0.25) is 0 Å². The second-order valence-electron chi connectivity index (χ2n) is 5.34. The number of para-hydroxylation sites is 1. The standard InChI is InChI=1S/C17H20INOS/c18-17-12-14-15(8-4-9-16(14)21-17)19-10-5-11-20-13-6-2-1-3-7-13/h1-3,6-7,12,15,19H,4-5,8-11H2. The van der Waals surface area contributed by atoms with Crippen LogP contribution in [0.4, 0.5) is 0 Å². The molecule has 1 unspecified atom stereocenters. The van der Waals surface area contributed by atoms with Crippen molar-refractivity contribution >= 4 is 33.9 Å². The maximum Gasteiger partial charge on any atom is 0.119 e. The summed E-state index contributed by atoms with van der Waals surface area (Å²) in [6.45, 7) is 1.79. The van der Waals surface area contributed by atoms with Crippen molar-refractivity contribution in [2.75, 3.05) is 13.2 Å². The first-order valence-electron chi connectivity index (χ1n) is 7.52. The Kier molecular flexibility index (Phi) is 5.55. The number of halogens is 1. The summed E-state index contributed by atoms with van der Waals surface area (Å²) in [5.41, 5.74) is 1.54. The van der Waals surface area contributed by atoms with Crippen LogP contribution in [0.5, 0.6) is 5.75 Å². The van der Waals surface area contributed by atoms with Crippen molar-refractivity contribution in [3.63, 3.8) is 0 Å². The number of ether oxygens (including phenoxy) is 1. The van der Waals surface area contributed by atoms with Crippen LogP contribution in [0.25, 0.3) is 0 Å². The van der Waals surface area contributed by atoms with E-state index in [0.717, 1.165) is 25.3 Å². The minimum Gasteiger partial charge on any atom is -0.494 e. The molecule has 2 aromatic rings. The van der Waals surface area contributed by atoms with Crippen LogP contribution in [0.2, 0.25) is 0 Å². The molecule has 0 aliphatic heterocycles. The quantitative estimate of drug-likeness (QED) is 0.543. The van der Waals surface area contributed by atoms with Gasteiger partial charge >= 0.3 is 0 Å². The Hall–Kier alpha value is -0.590. The largest absolute Gasteiger partial charge is 0.494 e. The molecule has 21 heavy (non-hydrogen) atoms. The predicted molar refractivity (Wildman–Crippen MR) is 97.3 cm³/mol. The summed E-state index contributed by atoms with van der Waals surface area (Å²) < 4.78 is 7.15. The first kappa shape index (κ1) is 15.3. The topological polar surface area (TPSA) is 21.3 Å². The molecule has 1 aromatic heterocycles. The molecule has 0 fully saturated rings. The summed E-state index contributed by atoms with van der Waals surface area (Å²) in [5, 5.41) is 3.70. The van der Waals surface area contributed by atoms with Crippen molar-refractivity contribution in [1.29, 1.82) is 0 Å². The van der Waals surface area contributed by atoms with E-state index in [2.05, 4.69) is 34.0 Å². The molecule has 1 atom stereocenters. The lowest BCUT2D eigenvalue weighted by molar-refractivity contribution is 0.303. The number of benzene rings is 1. The highest BCUT2D eigenvalue weighted by Crippen LogP contribution is 2.36. The summed E-state index contributed by atoms with van der Waals surface area (Å²) in [4.78, 5) is 1.59. The molecule has 1 aliphatic rings. The van der Waals surface area contributed by atoms with Gasteiger partial charge in [0, 0.05) is 10.9 Å². The molecule has 1 N–H and O–H groups in total. The van der Waals surface area contributed by atoms with Crippen LogP contribution >= 0.6 is 33.9 Å². The van der Waals surface area contributed by atoms with E-state index >= 15 is 0 Å². The third kappa shape index (κ3) is 4.20. The predicted octanol–water partition coefficient (Wildman–Crippen LogP) is 4.79. The van der Waals surface area contributed by atoms with Crippen molar-refractivity contribution < 1.29 is 4.74 Å². The maximum absolute atomic E-state index is 5.73. The molecule has 0 spiro atoms. The lowest BCUT2D eigenvalue weighted by Crippen LogP contribution is -2.26. The fraction of sp³-hybridized carbons (Fsp3) is 0.412. The zero-order valence-electron chi connectivity index (χ0n) is 12.0. The Morgan fingerprint density at radius 1 is 1.29 bits per heavy atom. The van der Waals surface area contributed by atoms with Crippen LogP contribution in [-0.2, 0) is 6.42 Å². The van der Waals surface area contributed by atoms with E-state index in [0.29, 0.717) is 6.04 Å². The summed E-state index contributed by atoms with van der Waals surface area (Å²) in [7, 11) is 0. The lowest BCUT2D eigenvalue weighted by atomic mass is 9.94. The molecular weight excluding hydrogens is 393 g/mol. The number of rotatable bonds is 6. The Morgan fingerprint density at radius 3 is 3.00 bits per heavy atom. The van der Waals surface area contributed by atoms with Gasteiger partial charge in [-0.1, -0.05) is 18.2 Å². The minimum absolute atomic E-state index is 0.547. The third-order valence-corrected chi connectivity index (χ3v) is 5.78. The van der Waals surface area contributed by atoms with Crippen molar-refractivity contribution in [2.45, 2.75) is 31.7 Å². The Balaban J connectivity index is 1.42. The van der Waals surface area contributed by atoms with E-state index in [1.54, 1.807) is 10.4 Å². The number of fused-ring (bicyclic) bond motifs is 1. The number of thiophene rings is 1. The molecule has 0 saturated heterocycles. The highest BCUT2D eigenvalue weighted by molar-refractivity contribution is 14.1. The lowest BCUT2D eigenvalue weighted by Gasteiger charge is -2.23. The van der Waals surface area contributed by atoms with Gasteiger partial charge in [0.05, 0.1) is 9.49 Å².